The molecule has 0 aromatic heterocycles. The summed E-state index contributed by atoms with van der Waals surface area (Å²) in [6.45, 7) is 1.93. The minimum absolute atomic E-state index is 0. The fourth-order valence-corrected chi connectivity index (χ4v) is 0. The normalized spacial score (nSPS) is 3.00. The molecule has 0 aromatic rings. The van der Waals surface area contributed by atoms with Crippen molar-refractivity contribution < 1.29 is 5.11 Å². The van der Waals surface area contributed by atoms with Gasteiger partial charge in [0.05, 0.1) is 0 Å². The Kier molecular flexibility index (Phi) is 383. The molecule has 0 aliphatic heterocycles. The summed E-state index contributed by atoms with van der Waals surface area (Å²) < 4.78 is 0. The van der Waals surface area contributed by atoms with Gasteiger partial charge in [-0.15, -0.1) is 12.4 Å². The average Bonchev–Trinajstić information content (AvgIpc) is 0.918. The molecule has 0 unspecified atom stereocenters. The van der Waals surface area contributed by atoms with Crippen molar-refractivity contribution in [2.75, 3.05) is 6.61 Å². The maximum absolute atomic E-state index is 7.57. The van der Waals surface area contributed by atoms with Gasteiger partial charge in [0.2, 0.25) is 0 Å². The summed E-state index contributed by atoms with van der Waals surface area (Å²) in [5.74, 6) is 0. The maximum atomic E-state index is 7.57. The van der Waals surface area contributed by atoms with E-state index in [-0.39, 0.29) is 31.3 Å². The van der Waals surface area contributed by atoms with E-state index in [1.54, 1.807) is 6.92 Å². The summed E-state index contributed by atoms with van der Waals surface area (Å²) in [6, 6.07) is 0. The molecule has 0 saturated carbocycles. The minimum atomic E-state index is 0. The van der Waals surface area contributed by atoms with Crippen LogP contribution in [-0.4, -0.2) is 11.7 Å². The Morgan fingerprint density at radius 1 is 1.33 bits per heavy atom. The van der Waals surface area contributed by atoms with Crippen molar-refractivity contribution in [2.45, 2.75) is 6.92 Å². The average molecular weight is 117 g/mol. The van der Waals surface area contributed by atoms with Gasteiger partial charge in [-0.1, -0.05) is 0 Å². The molecule has 0 radical (unpaired) electrons. The Morgan fingerprint density at radius 3 is 1.33 bits per heavy atom. The fraction of sp³-hybridized carbons (Fsp3) is 1.00. The van der Waals surface area contributed by atoms with E-state index >= 15 is 0 Å². The molecule has 6 heavy (non-hydrogen) atoms. The van der Waals surface area contributed by atoms with Crippen LogP contribution in [0.15, 0.2) is 0 Å². The highest BCUT2D eigenvalue weighted by Crippen LogP contribution is 1.30. The monoisotopic (exact) mass is 116 g/mol. The van der Waals surface area contributed by atoms with Crippen LogP contribution < -0.4 is 12.3 Å². The Labute approximate surface area is 44.3 Å². The number of aliphatic hydroxyl groups is 1. The standard InChI is InChI=1S/C2H6O.ClH.2H3N/c1-2-3;;;/h3H,2H2,1H3;1H;2*1H3. The minimum Gasteiger partial charge on any atom is -0.397 e. The van der Waals surface area contributed by atoms with Crippen molar-refractivity contribution in [2.24, 2.45) is 0 Å². The van der Waals surface area contributed by atoms with Gasteiger partial charge in [-0.25, -0.2) is 0 Å². The highest BCUT2D eigenvalue weighted by Gasteiger charge is 1.34. The molecule has 0 saturated heterocycles. The Hall–Kier alpha value is 0.170. The second-order valence-corrected chi connectivity index (χ2v) is 0.316. The third-order valence-corrected chi connectivity index (χ3v) is 0. The van der Waals surface area contributed by atoms with Crippen LogP contribution in [0.4, 0.5) is 0 Å². The van der Waals surface area contributed by atoms with E-state index in [1.807, 2.05) is 0 Å². The number of rotatable bonds is 0. The molecule has 4 heteroatoms. The lowest BCUT2D eigenvalue weighted by molar-refractivity contribution is 0.318. The van der Waals surface area contributed by atoms with Crippen LogP contribution in [0.3, 0.4) is 0 Å². The van der Waals surface area contributed by atoms with E-state index in [2.05, 4.69) is 0 Å². The lowest BCUT2D eigenvalue weighted by atomic mass is 10.9. The van der Waals surface area contributed by atoms with Crippen LogP contribution in [0.25, 0.3) is 0 Å². The quantitative estimate of drug-likeness (QED) is 0.436. The second kappa shape index (κ2) is 65.7. The molecule has 0 rings (SSSR count). The van der Waals surface area contributed by atoms with Gasteiger partial charge in [0.25, 0.3) is 0 Å². The van der Waals surface area contributed by atoms with E-state index in [1.165, 1.54) is 0 Å². The van der Waals surface area contributed by atoms with Gasteiger partial charge in [-0.2, -0.15) is 0 Å². The van der Waals surface area contributed by atoms with Gasteiger partial charge in [-0.05, 0) is 6.92 Å². The fourth-order valence-electron chi connectivity index (χ4n) is 0. The highest BCUT2D eigenvalue weighted by atomic mass is 35.5. The zero-order valence-corrected chi connectivity index (χ0v) is 4.79. The maximum Gasteiger partial charge on any atom is 0.0402 e. The van der Waals surface area contributed by atoms with Crippen LogP contribution in [0.2, 0.25) is 0 Å². The molecule has 0 fully saturated rings. The summed E-state index contributed by atoms with van der Waals surface area (Å²) >= 11 is 0. The van der Waals surface area contributed by atoms with E-state index in [4.69, 9.17) is 5.11 Å². The van der Waals surface area contributed by atoms with Gasteiger partial charge in [0.15, 0.2) is 0 Å². The molecule has 0 amide bonds. The lowest BCUT2D eigenvalue weighted by Crippen LogP contribution is -1.57. The third kappa shape index (κ3) is 1450. The molecule has 3 nitrogen and oxygen atoms in total. The van der Waals surface area contributed by atoms with Crippen LogP contribution in [0.1, 0.15) is 6.92 Å². The molecular weight excluding hydrogens is 103 g/mol. The van der Waals surface area contributed by atoms with E-state index in [9.17, 15) is 0 Å². The molecule has 0 spiro atoms. The van der Waals surface area contributed by atoms with Crippen molar-refractivity contribution in [3.05, 3.63) is 0 Å². The van der Waals surface area contributed by atoms with Crippen LogP contribution in [0, 0.1) is 0 Å². The Bertz CT molecular complexity index is 11.5. The first-order chi connectivity index (χ1) is 1.41. The van der Waals surface area contributed by atoms with Crippen molar-refractivity contribution in [1.29, 1.82) is 0 Å². The predicted octanol–water partition coefficient (Wildman–Crippen LogP) is 0.744. The predicted molar refractivity (Wildman–Crippen MR) is 30.1 cm³/mol. The number of halogens is 1. The SMILES string of the molecule is CCO.Cl.N.N. The topological polar surface area (TPSA) is 90.2 Å². The molecule has 7 N–H and O–H groups in total. The molecule has 0 aliphatic carbocycles. The largest absolute Gasteiger partial charge is 0.397 e. The van der Waals surface area contributed by atoms with Crippen molar-refractivity contribution in [3.63, 3.8) is 0 Å². The first kappa shape index (κ1) is 35.0. The zero-order valence-electron chi connectivity index (χ0n) is 3.98. The van der Waals surface area contributed by atoms with Gasteiger partial charge in [0, 0.05) is 6.61 Å². The number of hydrogen-bond donors (Lipinski definition) is 3. The van der Waals surface area contributed by atoms with E-state index < -0.39 is 0 Å². The third-order valence-electron chi connectivity index (χ3n) is 0. The van der Waals surface area contributed by atoms with Crippen LogP contribution in [-0.2, 0) is 0 Å². The second-order valence-electron chi connectivity index (χ2n) is 0.316. The number of aliphatic hydroxyl groups excluding tert-OH is 1. The van der Waals surface area contributed by atoms with Crippen LogP contribution >= 0.6 is 12.4 Å². The van der Waals surface area contributed by atoms with Gasteiger partial charge >= 0.3 is 0 Å². The van der Waals surface area contributed by atoms with Gasteiger partial charge < -0.3 is 17.4 Å². The van der Waals surface area contributed by atoms with Crippen molar-refractivity contribution in [1.82, 2.24) is 12.3 Å². The summed E-state index contributed by atoms with van der Waals surface area (Å²) in [5, 5.41) is 7.57. The summed E-state index contributed by atoms with van der Waals surface area (Å²) in [7, 11) is 0. The van der Waals surface area contributed by atoms with Gasteiger partial charge in [-0.3, -0.25) is 0 Å². The molecule has 44 valence electrons. The number of hydrogen-bond acceptors (Lipinski definition) is 3. The summed E-state index contributed by atoms with van der Waals surface area (Å²) in [5.41, 5.74) is 0. The lowest BCUT2D eigenvalue weighted by Gasteiger charge is -1.52. The molecule has 0 aromatic carbocycles. The smallest absolute Gasteiger partial charge is 0.0402 e. The van der Waals surface area contributed by atoms with Crippen molar-refractivity contribution in [3.8, 4) is 0 Å². The molecule has 0 bridgehead atoms. The molecule has 0 heterocycles. The van der Waals surface area contributed by atoms with Gasteiger partial charge in [0.1, 0.15) is 0 Å². The summed E-state index contributed by atoms with van der Waals surface area (Å²) in [6.07, 6.45) is 0. The van der Waals surface area contributed by atoms with Crippen molar-refractivity contribution >= 4 is 12.4 Å². The van der Waals surface area contributed by atoms with E-state index in [0.29, 0.717) is 0 Å². The first-order valence-corrected chi connectivity index (χ1v) is 1.02. The molecule has 0 aliphatic rings. The molecular formula is C2H13ClN2O. The first-order valence-electron chi connectivity index (χ1n) is 1.02. The highest BCUT2D eigenvalue weighted by molar-refractivity contribution is 5.85. The van der Waals surface area contributed by atoms with Crippen LogP contribution in [0.5, 0.6) is 0 Å². The summed E-state index contributed by atoms with van der Waals surface area (Å²) in [4.78, 5) is 0. The Balaban J connectivity index is -0.00000000667. The zero-order chi connectivity index (χ0) is 2.71. The molecule has 0 atom stereocenters. The Morgan fingerprint density at radius 2 is 1.33 bits per heavy atom. The van der Waals surface area contributed by atoms with E-state index in [0.717, 1.165) is 0 Å².